The summed E-state index contributed by atoms with van der Waals surface area (Å²) in [6.45, 7) is 8.69. The molecule has 1 heteroatoms. The second-order valence-electron chi connectivity index (χ2n) is 6.82. The van der Waals surface area contributed by atoms with E-state index in [-0.39, 0.29) is 0 Å². The summed E-state index contributed by atoms with van der Waals surface area (Å²) in [5.74, 6) is 1.19. The van der Waals surface area contributed by atoms with Crippen molar-refractivity contribution in [3.8, 4) is 0 Å². The second kappa shape index (κ2) is 3.87. The summed E-state index contributed by atoms with van der Waals surface area (Å²) in [4.78, 5) is 0. The SMILES string of the molecule is CC1=CCCC2(C)CCC(C(C)(C)O)CC12. The fourth-order valence-electron chi connectivity index (χ4n) is 3.81. The zero-order valence-corrected chi connectivity index (χ0v) is 11.2. The van der Waals surface area contributed by atoms with Crippen molar-refractivity contribution in [3.05, 3.63) is 11.6 Å². The van der Waals surface area contributed by atoms with Crippen LogP contribution >= 0.6 is 0 Å². The minimum absolute atomic E-state index is 0.479. The van der Waals surface area contributed by atoms with Crippen molar-refractivity contribution in [2.24, 2.45) is 17.3 Å². The fourth-order valence-corrected chi connectivity index (χ4v) is 3.81. The highest BCUT2D eigenvalue weighted by Crippen LogP contribution is 2.53. The predicted molar refractivity (Wildman–Crippen MR) is 68.2 cm³/mol. The molecule has 0 bridgehead atoms. The number of hydrogen-bond donors (Lipinski definition) is 1. The summed E-state index contributed by atoms with van der Waals surface area (Å²) >= 11 is 0. The van der Waals surface area contributed by atoms with Gasteiger partial charge in [-0.1, -0.05) is 18.6 Å². The van der Waals surface area contributed by atoms with Crippen molar-refractivity contribution in [1.82, 2.24) is 0 Å². The van der Waals surface area contributed by atoms with E-state index in [9.17, 15) is 5.11 Å². The van der Waals surface area contributed by atoms with Gasteiger partial charge in [-0.15, -0.1) is 0 Å². The largest absolute Gasteiger partial charge is 0.390 e. The Morgan fingerprint density at radius 1 is 1.38 bits per heavy atom. The van der Waals surface area contributed by atoms with Gasteiger partial charge in [0.05, 0.1) is 5.60 Å². The molecule has 0 aliphatic heterocycles. The van der Waals surface area contributed by atoms with Gasteiger partial charge >= 0.3 is 0 Å². The van der Waals surface area contributed by atoms with E-state index in [1.807, 2.05) is 13.8 Å². The number of rotatable bonds is 1. The van der Waals surface area contributed by atoms with E-state index in [4.69, 9.17) is 0 Å². The summed E-state index contributed by atoms with van der Waals surface area (Å²) < 4.78 is 0. The summed E-state index contributed by atoms with van der Waals surface area (Å²) in [6, 6.07) is 0. The Hall–Kier alpha value is -0.300. The Morgan fingerprint density at radius 3 is 2.69 bits per heavy atom. The lowest BCUT2D eigenvalue weighted by atomic mass is 9.56. The molecule has 0 radical (unpaired) electrons. The normalized spacial score (nSPS) is 40.2. The van der Waals surface area contributed by atoms with Crippen LogP contribution in [-0.2, 0) is 0 Å². The zero-order valence-electron chi connectivity index (χ0n) is 11.2. The van der Waals surface area contributed by atoms with Gasteiger partial charge in [0.1, 0.15) is 0 Å². The van der Waals surface area contributed by atoms with E-state index in [0.29, 0.717) is 17.3 Å². The minimum Gasteiger partial charge on any atom is -0.390 e. The van der Waals surface area contributed by atoms with Crippen LogP contribution in [0.5, 0.6) is 0 Å². The molecule has 92 valence electrons. The molecule has 0 saturated heterocycles. The third-order valence-corrected chi connectivity index (χ3v) is 5.16. The molecule has 2 aliphatic rings. The van der Waals surface area contributed by atoms with Gasteiger partial charge in [0.25, 0.3) is 0 Å². The average molecular weight is 222 g/mol. The molecule has 1 fully saturated rings. The maximum absolute atomic E-state index is 10.2. The van der Waals surface area contributed by atoms with Gasteiger partial charge in [0, 0.05) is 0 Å². The fraction of sp³-hybridized carbons (Fsp3) is 0.867. The van der Waals surface area contributed by atoms with E-state index in [0.717, 1.165) is 0 Å². The van der Waals surface area contributed by atoms with E-state index in [2.05, 4.69) is 19.9 Å². The zero-order chi connectivity index (χ0) is 12.0. The van der Waals surface area contributed by atoms with Gasteiger partial charge in [0.2, 0.25) is 0 Å². The lowest BCUT2D eigenvalue weighted by molar-refractivity contribution is -0.0373. The predicted octanol–water partition coefficient (Wildman–Crippen LogP) is 3.92. The van der Waals surface area contributed by atoms with Crippen molar-refractivity contribution in [2.45, 2.75) is 65.4 Å². The topological polar surface area (TPSA) is 20.2 Å². The number of allylic oxidation sites excluding steroid dienone is 2. The standard InChI is InChI=1S/C15H26O/c1-11-6-5-8-15(4)9-7-12(10-13(11)15)14(2,3)16/h6,12-13,16H,5,7-10H2,1-4H3. The van der Waals surface area contributed by atoms with Gasteiger partial charge in [-0.3, -0.25) is 0 Å². The van der Waals surface area contributed by atoms with Crippen LogP contribution in [0.2, 0.25) is 0 Å². The highest BCUT2D eigenvalue weighted by Gasteiger charge is 2.44. The van der Waals surface area contributed by atoms with Crippen LogP contribution in [-0.4, -0.2) is 10.7 Å². The molecule has 1 nitrogen and oxygen atoms in total. The van der Waals surface area contributed by atoms with Gasteiger partial charge in [-0.05, 0) is 70.1 Å². The first-order valence-electron chi connectivity index (χ1n) is 6.72. The van der Waals surface area contributed by atoms with Crippen LogP contribution in [0.1, 0.15) is 59.8 Å². The van der Waals surface area contributed by atoms with Crippen molar-refractivity contribution < 1.29 is 5.11 Å². The highest BCUT2D eigenvalue weighted by molar-refractivity contribution is 5.15. The molecule has 0 aromatic heterocycles. The first-order valence-corrected chi connectivity index (χ1v) is 6.72. The van der Waals surface area contributed by atoms with Crippen LogP contribution < -0.4 is 0 Å². The second-order valence-corrected chi connectivity index (χ2v) is 6.82. The van der Waals surface area contributed by atoms with Crippen LogP contribution in [0.25, 0.3) is 0 Å². The van der Waals surface area contributed by atoms with Crippen LogP contribution in [0.15, 0.2) is 11.6 Å². The third kappa shape index (κ3) is 2.07. The van der Waals surface area contributed by atoms with Crippen molar-refractivity contribution >= 4 is 0 Å². The molecular weight excluding hydrogens is 196 g/mol. The van der Waals surface area contributed by atoms with Gasteiger partial charge in [-0.25, -0.2) is 0 Å². The quantitative estimate of drug-likeness (QED) is 0.667. The summed E-state index contributed by atoms with van der Waals surface area (Å²) in [5, 5.41) is 10.2. The third-order valence-electron chi connectivity index (χ3n) is 5.16. The number of hydrogen-bond acceptors (Lipinski definition) is 1. The van der Waals surface area contributed by atoms with E-state index in [1.165, 1.54) is 32.1 Å². The minimum atomic E-state index is -0.501. The lowest BCUT2D eigenvalue weighted by Crippen LogP contribution is -2.43. The van der Waals surface area contributed by atoms with Crippen molar-refractivity contribution in [1.29, 1.82) is 0 Å². The molecule has 0 aromatic carbocycles. The summed E-state index contributed by atoms with van der Waals surface area (Å²) in [6.07, 6.45) is 8.68. The van der Waals surface area contributed by atoms with Crippen LogP contribution in [0, 0.1) is 17.3 Å². The first-order chi connectivity index (χ1) is 7.33. The molecular formula is C15H26O. The summed E-state index contributed by atoms with van der Waals surface area (Å²) in [7, 11) is 0. The molecule has 1 saturated carbocycles. The van der Waals surface area contributed by atoms with Crippen molar-refractivity contribution in [2.75, 3.05) is 0 Å². The number of aliphatic hydroxyl groups is 1. The Kier molecular flexibility index (Phi) is 2.94. The Morgan fingerprint density at radius 2 is 2.06 bits per heavy atom. The van der Waals surface area contributed by atoms with Gasteiger partial charge in [0.15, 0.2) is 0 Å². The Balaban J connectivity index is 2.18. The molecule has 3 unspecified atom stereocenters. The molecule has 2 aliphatic carbocycles. The molecule has 0 amide bonds. The molecule has 3 atom stereocenters. The highest BCUT2D eigenvalue weighted by atomic mass is 16.3. The Labute approximate surface area is 99.9 Å². The van der Waals surface area contributed by atoms with Gasteiger partial charge < -0.3 is 5.11 Å². The molecule has 16 heavy (non-hydrogen) atoms. The van der Waals surface area contributed by atoms with Crippen LogP contribution in [0.3, 0.4) is 0 Å². The maximum atomic E-state index is 10.2. The lowest BCUT2D eigenvalue weighted by Gasteiger charge is -2.49. The maximum Gasteiger partial charge on any atom is 0.0620 e. The molecule has 0 heterocycles. The monoisotopic (exact) mass is 222 g/mol. The van der Waals surface area contributed by atoms with E-state index >= 15 is 0 Å². The summed E-state index contributed by atoms with van der Waals surface area (Å²) in [5.41, 5.74) is 1.59. The van der Waals surface area contributed by atoms with Crippen molar-refractivity contribution in [3.63, 3.8) is 0 Å². The smallest absolute Gasteiger partial charge is 0.0620 e. The van der Waals surface area contributed by atoms with Gasteiger partial charge in [-0.2, -0.15) is 0 Å². The molecule has 2 rings (SSSR count). The number of fused-ring (bicyclic) bond motifs is 1. The van der Waals surface area contributed by atoms with E-state index in [1.54, 1.807) is 5.57 Å². The molecule has 0 aromatic rings. The first kappa shape index (κ1) is 12.2. The van der Waals surface area contributed by atoms with Crippen LogP contribution in [0.4, 0.5) is 0 Å². The molecule has 1 N–H and O–H groups in total. The molecule has 0 spiro atoms. The van der Waals surface area contributed by atoms with E-state index < -0.39 is 5.60 Å². The Bertz CT molecular complexity index is 297. The average Bonchev–Trinajstić information content (AvgIpc) is 2.15.